The number of hydrogen-bond acceptors (Lipinski definition) is 5. The maximum absolute atomic E-state index is 9.46. The highest BCUT2D eigenvalue weighted by Gasteiger charge is 2.22. The molecule has 4 aromatic heterocycles. The predicted molar refractivity (Wildman–Crippen MR) is 185 cm³/mol. The highest BCUT2D eigenvalue weighted by atomic mass is 32.1. The molecule has 0 unspecified atom stereocenters. The Hall–Kier alpha value is -5.85. The van der Waals surface area contributed by atoms with Gasteiger partial charge in [-0.1, -0.05) is 96.9 Å². The zero-order chi connectivity index (χ0) is 38.2. The second kappa shape index (κ2) is 9.32. The number of para-hydroxylation sites is 2. The molecule has 0 saturated heterocycles. The highest BCUT2D eigenvalue weighted by Crippen LogP contribution is 2.42. The second-order valence-corrected chi connectivity index (χ2v) is 11.6. The molecule has 10 aromatic rings. The van der Waals surface area contributed by atoms with Gasteiger partial charge in [0.05, 0.1) is 30.1 Å². The second-order valence-electron chi connectivity index (χ2n) is 10.5. The Morgan fingerprint density at radius 3 is 2.29 bits per heavy atom. The summed E-state index contributed by atoms with van der Waals surface area (Å²) in [4.78, 5) is 14.8. The summed E-state index contributed by atoms with van der Waals surface area (Å²) in [5.74, 6) is 0.428. The first kappa shape index (κ1) is 16.9. The Bertz CT molecular complexity index is 3340. The molecule has 0 aliphatic carbocycles. The molecule has 0 aliphatic heterocycles. The van der Waals surface area contributed by atoms with Gasteiger partial charge in [0.1, 0.15) is 11.2 Å². The van der Waals surface area contributed by atoms with Gasteiger partial charge in [0, 0.05) is 47.5 Å². The van der Waals surface area contributed by atoms with Crippen molar-refractivity contribution in [3.8, 4) is 28.7 Å². The van der Waals surface area contributed by atoms with Crippen molar-refractivity contribution in [2.24, 2.45) is 0 Å². The van der Waals surface area contributed by atoms with E-state index in [4.69, 9.17) is 29.0 Å². The molecule has 4 heterocycles. The van der Waals surface area contributed by atoms with E-state index in [1.54, 1.807) is 11.3 Å². The molecule has 210 valence electrons. The van der Waals surface area contributed by atoms with Gasteiger partial charge in [-0.2, -0.15) is 9.97 Å². The van der Waals surface area contributed by atoms with E-state index in [0.29, 0.717) is 11.1 Å². The molecule has 6 aromatic carbocycles. The van der Waals surface area contributed by atoms with Gasteiger partial charge in [0.25, 0.3) is 0 Å². The number of aromatic nitrogens is 4. The van der Waals surface area contributed by atoms with Gasteiger partial charge in [-0.3, -0.25) is 4.57 Å². The molecule has 0 spiro atoms. The molecule has 0 saturated carbocycles. The molecule has 0 aliphatic rings. The molecule has 0 N–H and O–H groups in total. The van der Waals surface area contributed by atoms with Crippen LogP contribution in [0.25, 0.3) is 92.6 Å². The third-order valence-corrected chi connectivity index (χ3v) is 9.10. The maximum Gasteiger partial charge on any atom is 0.238 e. The molecule has 45 heavy (non-hydrogen) atoms. The Balaban J connectivity index is 1.42. The van der Waals surface area contributed by atoms with Crippen LogP contribution in [0.2, 0.25) is 0 Å². The lowest BCUT2D eigenvalue weighted by Gasteiger charge is -2.11. The standard InChI is InChI=1S/C39H22N4OS/c1-2-11-23(12-3-1)37-40-38(28-16-10-20-33-34(28)27-15-6-9-19-32(27)45-33)42-39(41-37)43-29-17-7-4-14-26(29)35-30(43)22-21-25-24-13-5-8-18-31(24)44-36(25)35/h1-22H/i4D,5D,7D,8D,13D,14D,17D,18D,21D,22D. The normalized spacial score (nSPS) is 15.1. The fourth-order valence-electron chi connectivity index (χ4n) is 6.04. The lowest BCUT2D eigenvalue weighted by molar-refractivity contribution is 0.673. The topological polar surface area (TPSA) is 56.7 Å². The van der Waals surface area contributed by atoms with Crippen molar-refractivity contribution >= 4 is 75.3 Å². The zero-order valence-corrected chi connectivity index (χ0v) is 23.9. The first-order valence-corrected chi connectivity index (χ1v) is 14.9. The van der Waals surface area contributed by atoms with Crippen LogP contribution in [-0.2, 0) is 0 Å². The summed E-state index contributed by atoms with van der Waals surface area (Å²) in [7, 11) is 0. The van der Waals surface area contributed by atoms with E-state index >= 15 is 0 Å². The average molecular weight is 605 g/mol. The highest BCUT2D eigenvalue weighted by molar-refractivity contribution is 7.25. The number of thiophene rings is 1. The van der Waals surface area contributed by atoms with E-state index in [0.717, 1.165) is 20.2 Å². The average Bonchev–Trinajstić information content (AvgIpc) is 3.90. The van der Waals surface area contributed by atoms with Gasteiger partial charge in [-0.05, 0) is 36.3 Å². The lowest BCUT2D eigenvalue weighted by atomic mass is 10.1. The van der Waals surface area contributed by atoms with Crippen LogP contribution in [0, 0.1) is 0 Å². The first-order valence-electron chi connectivity index (χ1n) is 19.1. The van der Waals surface area contributed by atoms with Gasteiger partial charge in [0.2, 0.25) is 5.95 Å². The minimum Gasteiger partial charge on any atom is -0.455 e. The largest absolute Gasteiger partial charge is 0.455 e. The number of rotatable bonds is 3. The molecule has 0 bridgehead atoms. The predicted octanol–water partition coefficient (Wildman–Crippen LogP) is 10.6. The van der Waals surface area contributed by atoms with Crippen molar-refractivity contribution < 1.29 is 18.1 Å². The van der Waals surface area contributed by atoms with Crippen LogP contribution in [0.5, 0.6) is 0 Å². The summed E-state index contributed by atoms with van der Waals surface area (Å²) in [5.41, 5.74) is 0.800. The van der Waals surface area contributed by atoms with E-state index in [1.807, 2.05) is 72.8 Å². The third-order valence-electron chi connectivity index (χ3n) is 7.97. The van der Waals surface area contributed by atoms with E-state index < -0.39 is 60.4 Å². The molecule has 0 amide bonds. The molecule has 5 nitrogen and oxygen atoms in total. The van der Waals surface area contributed by atoms with Crippen LogP contribution in [0.15, 0.2) is 138 Å². The van der Waals surface area contributed by atoms with Crippen LogP contribution >= 0.6 is 11.3 Å². The maximum atomic E-state index is 9.46. The van der Waals surface area contributed by atoms with Crippen molar-refractivity contribution in [2.75, 3.05) is 0 Å². The van der Waals surface area contributed by atoms with E-state index in [9.17, 15) is 4.11 Å². The van der Waals surface area contributed by atoms with Gasteiger partial charge in [0.15, 0.2) is 11.6 Å². The smallest absolute Gasteiger partial charge is 0.238 e. The number of furan rings is 1. The first-order chi connectivity index (χ1) is 26.5. The Morgan fingerprint density at radius 1 is 0.578 bits per heavy atom. The number of fused-ring (bicyclic) bond motifs is 10. The summed E-state index contributed by atoms with van der Waals surface area (Å²) in [6.45, 7) is 0. The van der Waals surface area contributed by atoms with Crippen LogP contribution in [0.4, 0.5) is 0 Å². The minimum absolute atomic E-state index is 0.0141. The molecule has 10 rings (SSSR count). The minimum atomic E-state index is -0.552. The molecular weight excluding hydrogens is 573 g/mol. The Labute approximate surface area is 274 Å². The van der Waals surface area contributed by atoms with Crippen LogP contribution in [-0.4, -0.2) is 19.5 Å². The molecule has 0 radical (unpaired) electrons. The van der Waals surface area contributed by atoms with Crippen LogP contribution in [0.3, 0.4) is 0 Å². The number of hydrogen-bond donors (Lipinski definition) is 0. The van der Waals surface area contributed by atoms with Crippen molar-refractivity contribution in [1.82, 2.24) is 19.5 Å². The number of nitrogens with zero attached hydrogens (tertiary/aromatic N) is 4. The summed E-state index contributed by atoms with van der Waals surface area (Å²) < 4.78 is 97.9. The van der Waals surface area contributed by atoms with Crippen molar-refractivity contribution in [3.63, 3.8) is 0 Å². The van der Waals surface area contributed by atoms with E-state index in [-0.39, 0.29) is 61.3 Å². The van der Waals surface area contributed by atoms with Gasteiger partial charge in [-0.15, -0.1) is 11.3 Å². The molecular formula is C39H22N4OS. The zero-order valence-electron chi connectivity index (χ0n) is 33.0. The van der Waals surface area contributed by atoms with Crippen molar-refractivity contribution in [1.29, 1.82) is 0 Å². The van der Waals surface area contributed by atoms with Gasteiger partial charge >= 0.3 is 0 Å². The van der Waals surface area contributed by atoms with Crippen LogP contribution < -0.4 is 0 Å². The fourth-order valence-corrected chi connectivity index (χ4v) is 7.17. The van der Waals surface area contributed by atoms with Crippen molar-refractivity contribution in [2.45, 2.75) is 0 Å². The molecule has 0 atom stereocenters. The quantitative estimate of drug-likeness (QED) is 0.201. The van der Waals surface area contributed by atoms with Crippen LogP contribution in [0.1, 0.15) is 13.7 Å². The number of benzene rings is 6. The van der Waals surface area contributed by atoms with E-state index in [2.05, 4.69) is 0 Å². The SMILES string of the molecule is [2H]c1c([2H])c([2H])c2c(oc3c2c([2H])c([2H])c2c3c3c([2H])c([2H])c([2H])c([2H])c3n2-c2nc(-c3ccccc3)nc(-c3cccc4sc5ccccc5c34)n2)c1[2H]. The van der Waals surface area contributed by atoms with E-state index in [1.165, 1.54) is 4.57 Å². The summed E-state index contributed by atoms with van der Waals surface area (Å²) in [5, 5.41) is 1.70. The Kier molecular flexibility index (Phi) is 3.49. The summed E-state index contributed by atoms with van der Waals surface area (Å²) >= 11 is 1.63. The summed E-state index contributed by atoms with van der Waals surface area (Å²) in [6, 6.07) is 18.1. The molecule has 6 heteroatoms. The molecule has 0 fully saturated rings. The summed E-state index contributed by atoms with van der Waals surface area (Å²) in [6.07, 6.45) is 0. The lowest BCUT2D eigenvalue weighted by Crippen LogP contribution is -2.06. The monoisotopic (exact) mass is 604 g/mol. The Morgan fingerprint density at radius 2 is 1.36 bits per heavy atom. The third kappa shape index (κ3) is 3.57. The fraction of sp³-hybridized carbons (Fsp3) is 0. The van der Waals surface area contributed by atoms with Crippen molar-refractivity contribution in [3.05, 3.63) is 133 Å². The van der Waals surface area contributed by atoms with Gasteiger partial charge < -0.3 is 4.42 Å². The van der Waals surface area contributed by atoms with Gasteiger partial charge in [-0.25, -0.2) is 4.98 Å².